The zero-order chi connectivity index (χ0) is 16.8. The molecule has 1 aromatic heterocycles. The van der Waals surface area contributed by atoms with Crippen molar-refractivity contribution in [2.75, 3.05) is 6.61 Å². The Morgan fingerprint density at radius 3 is 2.48 bits per heavy atom. The number of amides is 1. The number of pyridine rings is 1. The maximum absolute atomic E-state index is 12.3. The second-order valence-corrected chi connectivity index (χ2v) is 5.16. The van der Waals surface area contributed by atoms with E-state index in [1.54, 1.807) is 19.9 Å². The van der Waals surface area contributed by atoms with Crippen molar-refractivity contribution in [2.24, 2.45) is 0 Å². The Bertz CT molecular complexity index is 699. The quantitative estimate of drug-likeness (QED) is 0.862. The van der Waals surface area contributed by atoms with Gasteiger partial charge in [0.15, 0.2) is 0 Å². The first-order valence-corrected chi connectivity index (χ1v) is 7.53. The number of aromatic nitrogens is 1. The molecule has 23 heavy (non-hydrogen) atoms. The van der Waals surface area contributed by atoms with E-state index in [4.69, 9.17) is 4.74 Å². The molecule has 0 bridgehead atoms. The van der Waals surface area contributed by atoms with Gasteiger partial charge in [0.2, 0.25) is 0 Å². The van der Waals surface area contributed by atoms with Crippen LogP contribution in [0.4, 0.5) is 0 Å². The zero-order valence-electron chi connectivity index (χ0n) is 13.5. The molecule has 120 valence electrons. The molecular formula is C18H20N2O3. The number of benzene rings is 1. The van der Waals surface area contributed by atoms with Gasteiger partial charge in [0.25, 0.3) is 5.91 Å². The van der Waals surface area contributed by atoms with Gasteiger partial charge in [-0.2, -0.15) is 0 Å². The second kappa shape index (κ2) is 7.54. The SMILES string of the molecule is CCOC(=O)c1ccc(C(=O)N[C@@H](C)c2ccccc2)nc1C. The first-order chi connectivity index (χ1) is 11.0. The average Bonchev–Trinajstić information content (AvgIpc) is 2.55. The lowest BCUT2D eigenvalue weighted by molar-refractivity contribution is 0.0524. The number of ether oxygens (including phenoxy) is 1. The summed E-state index contributed by atoms with van der Waals surface area (Å²) < 4.78 is 4.95. The fourth-order valence-corrected chi connectivity index (χ4v) is 2.21. The lowest BCUT2D eigenvalue weighted by atomic mass is 10.1. The van der Waals surface area contributed by atoms with Crippen LogP contribution in [0.15, 0.2) is 42.5 Å². The summed E-state index contributed by atoms with van der Waals surface area (Å²) >= 11 is 0. The molecule has 0 aliphatic rings. The summed E-state index contributed by atoms with van der Waals surface area (Å²) in [6, 6.07) is 12.7. The van der Waals surface area contributed by atoms with Crippen molar-refractivity contribution in [3.8, 4) is 0 Å². The van der Waals surface area contributed by atoms with Crippen LogP contribution in [0.3, 0.4) is 0 Å². The van der Waals surface area contributed by atoms with Gasteiger partial charge in [0.1, 0.15) is 5.69 Å². The Balaban J connectivity index is 2.11. The van der Waals surface area contributed by atoms with Gasteiger partial charge in [0.05, 0.1) is 23.9 Å². The number of hydrogen-bond donors (Lipinski definition) is 1. The Morgan fingerprint density at radius 1 is 1.17 bits per heavy atom. The molecule has 0 fully saturated rings. The van der Waals surface area contributed by atoms with Crippen molar-refractivity contribution in [3.63, 3.8) is 0 Å². The molecule has 0 saturated heterocycles. The molecule has 0 spiro atoms. The van der Waals surface area contributed by atoms with Crippen LogP contribution in [0.2, 0.25) is 0 Å². The third-order valence-corrected chi connectivity index (χ3v) is 3.46. The molecule has 2 aromatic rings. The second-order valence-electron chi connectivity index (χ2n) is 5.16. The standard InChI is InChI=1S/C18H20N2O3/c1-4-23-18(22)15-10-11-16(19-13(15)3)17(21)20-12(2)14-8-6-5-7-9-14/h5-12H,4H2,1-3H3,(H,20,21)/t12-/m0/s1. The van der Waals surface area contributed by atoms with Crippen molar-refractivity contribution >= 4 is 11.9 Å². The molecule has 2 rings (SSSR count). The van der Waals surface area contributed by atoms with Crippen LogP contribution >= 0.6 is 0 Å². The van der Waals surface area contributed by atoms with E-state index < -0.39 is 5.97 Å². The van der Waals surface area contributed by atoms with Crippen LogP contribution in [0, 0.1) is 6.92 Å². The van der Waals surface area contributed by atoms with Gasteiger partial charge < -0.3 is 10.1 Å². The van der Waals surface area contributed by atoms with E-state index in [0.29, 0.717) is 17.9 Å². The number of nitrogens with zero attached hydrogens (tertiary/aromatic N) is 1. The molecular weight excluding hydrogens is 292 g/mol. The summed E-state index contributed by atoms with van der Waals surface area (Å²) in [5.74, 6) is -0.707. The monoisotopic (exact) mass is 312 g/mol. The molecule has 0 aliphatic heterocycles. The third kappa shape index (κ3) is 4.16. The van der Waals surface area contributed by atoms with Crippen LogP contribution in [0.5, 0.6) is 0 Å². The molecule has 1 atom stereocenters. The van der Waals surface area contributed by atoms with Crippen molar-refractivity contribution in [1.82, 2.24) is 10.3 Å². The summed E-state index contributed by atoms with van der Waals surface area (Å²) in [6.07, 6.45) is 0. The summed E-state index contributed by atoms with van der Waals surface area (Å²) in [6.45, 7) is 5.64. The summed E-state index contributed by atoms with van der Waals surface area (Å²) in [7, 11) is 0. The highest BCUT2D eigenvalue weighted by molar-refractivity contribution is 5.95. The maximum Gasteiger partial charge on any atom is 0.339 e. The topological polar surface area (TPSA) is 68.3 Å². The Kier molecular flexibility index (Phi) is 5.46. The maximum atomic E-state index is 12.3. The highest BCUT2D eigenvalue weighted by atomic mass is 16.5. The van der Waals surface area contributed by atoms with Gasteiger partial charge in [0, 0.05) is 0 Å². The first kappa shape index (κ1) is 16.7. The van der Waals surface area contributed by atoms with Crippen LogP contribution in [-0.4, -0.2) is 23.5 Å². The minimum Gasteiger partial charge on any atom is -0.462 e. The summed E-state index contributed by atoms with van der Waals surface area (Å²) in [4.78, 5) is 28.3. The predicted octanol–water partition coefficient (Wildman–Crippen LogP) is 3.06. The summed E-state index contributed by atoms with van der Waals surface area (Å²) in [5, 5.41) is 2.90. The predicted molar refractivity (Wildman–Crippen MR) is 87.3 cm³/mol. The number of aryl methyl sites for hydroxylation is 1. The number of esters is 1. The van der Waals surface area contributed by atoms with E-state index >= 15 is 0 Å². The lowest BCUT2D eigenvalue weighted by Crippen LogP contribution is -2.27. The van der Waals surface area contributed by atoms with Crippen molar-refractivity contribution in [3.05, 3.63) is 65.0 Å². The lowest BCUT2D eigenvalue weighted by Gasteiger charge is -2.14. The number of hydrogen-bond acceptors (Lipinski definition) is 4. The largest absolute Gasteiger partial charge is 0.462 e. The number of carbonyl (C=O) groups is 2. The van der Waals surface area contributed by atoms with E-state index in [9.17, 15) is 9.59 Å². The first-order valence-electron chi connectivity index (χ1n) is 7.53. The number of rotatable bonds is 5. The van der Waals surface area contributed by atoms with E-state index in [-0.39, 0.29) is 17.6 Å². The van der Waals surface area contributed by atoms with Crippen LogP contribution in [0.25, 0.3) is 0 Å². The van der Waals surface area contributed by atoms with E-state index in [1.165, 1.54) is 6.07 Å². The van der Waals surface area contributed by atoms with Crippen molar-refractivity contribution in [1.29, 1.82) is 0 Å². The molecule has 0 radical (unpaired) electrons. The van der Waals surface area contributed by atoms with E-state index in [0.717, 1.165) is 5.56 Å². The van der Waals surface area contributed by atoms with Crippen LogP contribution in [0.1, 0.15) is 52.0 Å². The van der Waals surface area contributed by atoms with Gasteiger partial charge in [-0.25, -0.2) is 9.78 Å². The Hall–Kier alpha value is -2.69. The highest BCUT2D eigenvalue weighted by Gasteiger charge is 2.16. The smallest absolute Gasteiger partial charge is 0.339 e. The molecule has 1 heterocycles. The molecule has 0 aliphatic carbocycles. The van der Waals surface area contributed by atoms with Gasteiger partial charge in [-0.15, -0.1) is 0 Å². The van der Waals surface area contributed by atoms with Gasteiger partial charge in [-0.1, -0.05) is 30.3 Å². The number of nitrogens with one attached hydrogen (secondary N) is 1. The van der Waals surface area contributed by atoms with Gasteiger partial charge in [-0.05, 0) is 38.5 Å². The normalized spacial score (nSPS) is 11.6. The minimum atomic E-state index is -0.429. The van der Waals surface area contributed by atoms with Gasteiger partial charge in [-0.3, -0.25) is 4.79 Å². The van der Waals surface area contributed by atoms with Crippen molar-refractivity contribution in [2.45, 2.75) is 26.8 Å². The minimum absolute atomic E-state index is 0.129. The van der Waals surface area contributed by atoms with Crippen molar-refractivity contribution < 1.29 is 14.3 Å². The summed E-state index contributed by atoms with van der Waals surface area (Å²) in [5.41, 5.74) is 2.14. The molecule has 1 amide bonds. The van der Waals surface area contributed by atoms with Gasteiger partial charge >= 0.3 is 5.97 Å². The highest BCUT2D eigenvalue weighted by Crippen LogP contribution is 2.13. The molecule has 1 N–H and O–H groups in total. The average molecular weight is 312 g/mol. The molecule has 5 heteroatoms. The Morgan fingerprint density at radius 2 is 1.87 bits per heavy atom. The number of carbonyl (C=O) groups excluding carboxylic acids is 2. The zero-order valence-corrected chi connectivity index (χ0v) is 13.5. The fraction of sp³-hybridized carbons (Fsp3) is 0.278. The van der Waals surface area contributed by atoms with E-state index in [2.05, 4.69) is 10.3 Å². The van der Waals surface area contributed by atoms with Crippen LogP contribution in [-0.2, 0) is 4.74 Å². The molecule has 0 unspecified atom stereocenters. The molecule has 5 nitrogen and oxygen atoms in total. The van der Waals surface area contributed by atoms with E-state index in [1.807, 2.05) is 37.3 Å². The fourth-order valence-electron chi connectivity index (χ4n) is 2.21. The molecule has 0 saturated carbocycles. The Labute approximate surface area is 135 Å². The molecule has 1 aromatic carbocycles. The third-order valence-electron chi connectivity index (χ3n) is 3.46. The van der Waals surface area contributed by atoms with Crippen LogP contribution < -0.4 is 5.32 Å².